The van der Waals surface area contributed by atoms with E-state index in [1.54, 1.807) is 16.7 Å². The summed E-state index contributed by atoms with van der Waals surface area (Å²) in [5.74, 6) is 0.911. The van der Waals surface area contributed by atoms with Crippen LogP contribution in [0.5, 0.6) is 0 Å². The third-order valence-corrected chi connectivity index (χ3v) is 5.90. The minimum absolute atomic E-state index is 0. The van der Waals surface area contributed by atoms with E-state index in [0.29, 0.717) is 6.04 Å². The second kappa shape index (κ2) is 12.9. The summed E-state index contributed by atoms with van der Waals surface area (Å²) in [4.78, 5) is 18.9. The van der Waals surface area contributed by atoms with E-state index in [9.17, 15) is 4.79 Å². The van der Waals surface area contributed by atoms with Gasteiger partial charge in [-0.15, -0.1) is 35.3 Å². The van der Waals surface area contributed by atoms with Crippen molar-refractivity contribution < 1.29 is 0 Å². The maximum atomic E-state index is 11.7. The van der Waals surface area contributed by atoms with Crippen molar-refractivity contribution in [1.82, 2.24) is 15.2 Å². The number of unbranched alkanes of at least 4 members (excludes halogenated alkanes) is 1. The van der Waals surface area contributed by atoms with Crippen LogP contribution in [0.4, 0.5) is 5.00 Å². The van der Waals surface area contributed by atoms with Gasteiger partial charge in [0, 0.05) is 51.0 Å². The fourth-order valence-electron chi connectivity index (χ4n) is 3.44. The number of aromatic nitrogens is 1. The highest BCUT2D eigenvalue weighted by Crippen LogP contribution is 2.24. The molecule has 3 heterocycles. The molecule has 0 radical (unpaired) electrons. The van der Waals surface area contributed by atoms with Crippen molar-refractivity contribution in [3.05, 3.63) is 52.3 Å². The Kier molecular flexibility index (Phi) is 10.5. The highest BCUT2D eigenvalue weighted by atomic mass is 127. The van der Waals surface area contributed by atoms with E-state index in [1.807, 2.05) is 23.6 Å². The van der Waals surface area contributed by atoms with Crippen LogP contribution in [0, 0.1) is 0 Å². The van der Waals surface area contributed by atoms with Crippen molar-refractivity contribution in [2.45, 2.75) is 45.2 Å². The number of nitrogens with one attached hydrogen (secondary N) is 2. The van der Waals surface area contributed by atoms with E-state index in [0.717, 1.165) is 64.4 Å². The first-order valence-electron chi connectivity index (χ1n) is 10.2. The quantitative estimate of drug-likeness (QED) is 0.238. The summed E-state index contributed by atoms with van der Waals surface area (Å²) in [5.41, 5.74) is 0.0647. The Morgan fingerprint density at radius 2 is 2.03 bits per heavy atom. The topological polar surface area (TPSA) is 61.7 Å². The minimum atomic E-state index is 0. The van der Waals surface area contributed by atoms with Gasteiger partial charge in [-0.1, -0.05) is 6.07 Å². The van der Waals surface area contributed by atoms with Crippen molar-refractivity contribution in [2.75, 3.05) is 31.1 Å². The summed E-state index contributed by atoms with van der Waals surface area (Å²) in [6, 6.07) is 10.1. The maximum Gasteiger partial charge on any atom is 0.250 e. The molecule has 29 heavy (non-hydrogen) atoms. The van der Waals surface area contributed by atoms with Crippen LogP contribution >= 0.6 is 35.3 Å². The Morgan fingerprint density at radius 3 is 2.72 bits per heavy atom. The standard InChI is InChI=1S/C21H31N5OS.HI/c1-2-22-21(23-12-4-6-14-25-13-5-3-8-19(25)27)24-18-10-15-26(16-11-18)20-9-7-17-28-20;/h3,5,7-9,13,17-18H,2,4,6,10-12,14-16H2,1H3,(H2,22,23,24);1H. The number of nitrogens with zero attached hydrogens (tertiary/aromatic N) is 3. The maximum absolute atomic E-state index is 11.7. The molecule has 1 fully saturated rings. The number of anilines is 1. The summed E-state index contributed by atoms with van der Waals surface area (Å²) in [6.45, 7) is 6.65. The van der Waals surface area contributed by atoms with Crippen molar-refractivity contribution in [2.24, 2.45) is 4.99 Å². The van der Waals surface area contributed by atoms with Gasteiger partial charge < -0.3 is 20.1 Å². The first-order chi connectivity index (χ1) is 13.8. The second-order valence-corrected chi connectivity index (χ2v) is 7.98. The summed E-state index contributed by atoms with van der Waals surface area (Å²) in [6.07, 6.45) is 6.01. The number of pyridine rings is 1. The third kappa shape index (κ3) is 7.65. The van der Waals surface area contributed by atoms with Gasteiger partial charge in [0.15, 0.2) is 5.96 Å². The molecule has 1 saturated heterocycles. The first-order valence-corrected chi connectivity index (χ1v) is 11.1. The van der Waals surface area contributed by atoms with Crippen LogP contribution in [-0.4, -0.2) is 42.7 Å². The van der Waals surface area contributed by atoms with Gasteiger partial charge in [0.1, 0.15) is 0 Å². The van der Waals surface area contributed by atoms with E-state index in [4.69, 9.17) is 4.99 Å². The molecule has 0 amide bonds. The number of hydrogen-bond donors (Lipinski definition) is 2. The molecule has 2 aromatic heterocycles. The summed E-state index contributed by atoms with van der Waals surface area (Å²) in [7, 11) is 0. The molecule has 0 spiro atoms. The molecular weight excluding hydrogens is 497 g/mol. The molecule has 0 aliphatic carbocycles. The van der Waals surface area contributed by atoms with Crippen LogP contribution in [0.2, 0.25) is 0 Å². The molecule has 3 rings (SSSR count). The largest absolute Gasteiger partial charge is 0.363 e. The lowest BCUT2D eigenvalue weighted by molar-refractivity contribution is 0.462. The zero-order valence-electron chi connectivity index (χ0n) is 17.0. The molecule has 6 nitrogen and oxygen atoms in total. The number of aryl methyl sites for hydroxylation is 1. The van der Waals surface area contributed by atoms with Crippen LogP contribution in [0.3, 0.4) is 0 Å². The molecule has 0 atom stereocenters. The van der Waals surface area contributed by atoms with E-state index in [2.05, 4.69) is 40.0 Å². The molecule has 8 heteroatoms. The molecule has 0 aromatic carbocycles. The van der Waals surface area contributed by atoms with Crippen LogP contribution in [0.1, 0.15) is 32.6 Å². The second-order valence-electron chi connectivity index (χ2n) is 7.06. The van der Waals surface area contributed by atoms with Gasteiger partial charge >= 0.3 is 0 Å². The van der Waals surface area contributed by atoms with Gasteiger partial charge in [-0.25, -0.2) is 0 Å². The van der Waals surface area contributed by atoms with E-state index >= 15 is 0 Å². The van der Waals surface area contributed by atoms with Gasteiger partial charge in [-0.3, -0.25) is 9.79 Å². The molecular formula is C21H32IN5OS. The molecule has 0 bridgehead atoms. The van der Waals surface area contributed by atoms with E-state index in [1.165, 1.54) is 5.00 Å². The SMILES string of the molecule is CCNC(=NCCCCn1ccccc1=O)NC1CCN(c2cccs2)CC1.I. The monoisotopic (exact) mass is 529 g/mol. The van der Waals surface area contributed by atoms with E-state index in [-0.39, 0.29) is 29.5 Å². The summed E-state index contributed by atoms with van der Waals surface area (Å²) in [5, 5.41) is 10.5. The Bertz CT molecular complexity index is 784. The number of guanidine groups is 1. The molecule has 0 saturated carbocycles. The first kappa shape index (κ1) is 23.7. The van der Waals surface area contributed by atoms with Crippen LogP contribution < -0.4 is 21.1 Å². The van der Waals surface area contributed by atoms with Crippen LogP contribution in [-0.2, 0) is 6.54 Å². The van der Waals surface area contributed by atoms with Gasteiger partial charge in [-0.05, 0) is 56.2 Å². The average molecular weight is 529 g/mol. The van der Waals surface area contributed by atoms with Gasteiger partial charge in [0.2, 0.25) is 5.56 Å². The molecule has 1 aliphatic heterocycles. The summed E-state index contributed by atoms with van der Waals surface area (Å²) >= 11 is 1.82. The average Bonchev–Trinajstić information content (AvgIpc) is 3.24. The molecule has 2 N–H and O–H groups in total. The highest BCUT2D eigenvalue weighted by Gasteiger charge is 2.20. The number of rotatable bonds is 8. The fourth-order valence-corrected chi connectivity index (χ4v) is 4.22. The minimum Gasteiger partial charge on any atom is -0.363 e. The van der Waals surface area contributed by atoms with Crippen molar-refractivity contribution >= 4 is 46.3 Å². The highest BCUT2D eigenvalue weighted by molar-refractivity contribution is 14.0. The molecule has 0 unspecified atom stereocenters. The Hall–Kier alpha value is -1.55. The van der Waals surface area contributed by atoms with Gasteiger partial charge in [0.25, 0.3) is 0 Å². The number of hydrogen-bond acceptors (Lipinski definition) is 4. The number of halogens is 1. The number of aliphatic imine (C=N–C) groups is 1. The predicted molar refractivity (Wildman–Crippen MR) is 134 cm³/mol. The summed E-state index contributed by atoms with van der Waals surface area (Å²) < 4.78 is 1.76. The van der Waals surface area contributed by atoms with Crippen LogP contribution in [0.25, 0.3) is 0 Å². The number of piperidine rings is 1. The van der Waals surface area contributed by atoms with Crippen molar-refractivity contribution in [3.8, 4) is 0 Å². The van der Waals surface area contributed by atoms with Crippen molar-refractivity contribution in [3.63, 3.8) is 0 Å². The van der Waals surface area contributed by atoms with Gasteiger partial charge in [0.05, 0.1) is 5.00 Å². The molecule has 160 valence electrons. The fraction of sp³-hybridized carbons (Fsp3) is 0.524. The van der Waals surface area contributed by atoms with Crippen LogP contribution in [0.15, 0.2) is 51.7 Å². The Morgan fingerprint density at radius 1 is 1.21 bits per heavy atom. The lowest BCUT2D eigenvalue weighted by atomic mass is 10.1. The van der Waals surface area contributed by atoms with E-state index < -0.39 is 0 Å². The molecule has 1 aliphatic rings. The predicted octanol–water partition coefficient (Wildman–Crippen LogP) is 3.53. The van der Waals surface area contributed by atoms with Gasteiger partial charge in [-0.2, -0.15) is 0 Å². The zero-order valence-corrected chi connectivity index (χ0v) is 20.2. The zero-order chi connectivity index (χ0) is 19.6. The number of thiophene rings is 1. The Balaban J connectivity index is 0.00000300. The Labute approximate surface area is 194 Å². The van der Waals surface area contributed by atoms with Crippen molar-refractivity contribution in [1.29, 1.82) is 0 Å². The lowest BCUT2D eigenvalue weighted by Gasteiger charge is -2.33. The molecule has 2 aromatic rings. The third-order valence-electron chi connectivity index (χ3n) is 4.97. The normalized spacial score (nSPS) is 15.1. The lowest BCUT2D eigenvalue weighted by Crippen LogP contribution is -2.48. The smallest absolute Gasteiger partial charge is 0.250 e.